The SMILES string of the molecule is Cc1nc(-c2c[nH]c(N[C@@H]3CC=CC[C@@H]3C)n2)ncc1[N+](=O)[O-]. The highest BCUT2D eigenvalue weighted by molar-refractivity contribution is 5.53. The molecule has 0 saturated heterocycles. The molecule has 1 aliphatic rings. The minimum atomic E-state index is -0.491. The smallest absolute Gasteiger partial charge is 0.308 e. The number of aryl methyl sites for hydroxylation is 1. The van der Waals surface area contributed by atoms with Gasteiger partial charge in [0.2, 0.25) is 5.95 Å². The first-order chi connectivity index (χ1) is 11.0. The average molecular weight is 314 g/mol. The minimum Gasteiger partial charge on any atom is -0.352 e. The predicted molar refractivity (Wildman–Crippen MR) is 86.0 cm³/mol. The molecule has 8 heteroatoms. The molecule has 0 amide bonds. The van der Waals surface area contributed by atoms with Gasteiger partial charge in [0, 0.05) is 12.2 Å². The molecule has 0 bridgehead atoms. The number of hydrogen-bond acceptors (Lipinski definition) is 6. The third-order valence-corrected chi connectivity index (χ3v) is 4.03. The van der Waals surface area contributed by atoms with Gasteiger partial charge in [-0.05, 0) is 25.7 Å². The van der Waals surface area contributed by atoms with Gasteiger partial charge in [0.25, 0.3) is 0 Å². The molecule has 2 heterocycles. The first-order valence-electron chi connectivity index (χ1n) is 7.50. The second kappa shape index (κ2) is 6.15. The number of rotatable bonds is 4. The van der Waals surface area contributed by atoms with Crippen LogP contribution >= 0.6 is 0 Å². The number of aromatic amines is 1. The van der Waals surface area contributed by atoms with E-state index < -0.39 is 4.92 Å². The number of anilines is 1. The summed E-state index contributed by atoms with van der Waals surface area (Å²) < 4.78 is 0. The maximum absolute atomic E-state index is 10.8. The van der Waals surface area contributed by atoms with E-state index in [4.69, 9.17) is 0 Å². The largest absolute Gasteiger partial charge is 0.352 e. The number of aromatic nitrogens is 4. The third-order valence-electron chi connectivity index (χ3n) is 4.03. The van der Waals surface area contributed by atoms with E-state index in [-0.39, 0.29) is 5.69 Å². The van der Waals surface area contributed by atoms with E-state index in [1.54, 1.807) is 13.1 Å². The molecule has 0 fully saturated rings. The van der Waals surface area contributed by atoms with E-state index in [2.05, 4.69) is 44.3 Å². The van der Waals surface area contributed by atoms with Crippen LogP contribution in [-0.4, -0.2) is 30.9 Å². The molecule has 0 radical (unpaired) electrons. The van der Waals surface area contributed by atoms with Crippen molar-refractivity contribution in [1.82, 2.24) is 19.9 Å². The van der Waals surface area contributed by atoms with E-state index >= 15 is 0 Å². The van der Waals surface area contributed by atoms with E-state index in [0.717, 1.165) is 12.8 Å². The van der Waals surface area contributed by atoms with Gasteiger partial charge < -0.3 is 10.3 Å². The standard InChI is InChI=1S/C15H18N6O2/c1-9-5-3-4-6-11(9)19-15-17-7-12(20-15)14-16-8-13(21(22)23)10(2)18-14/h3-4,7-9,11H,5-6H2,1-2H3,(H2,17,19,20)/t9-,11+/m0/s1. The lowest BCUT2D eigenvalue weighted by atomic mass is 9.91. The molecular weight excluding hydrogens is 296 g/mol. The van der Waals surface area contributed by atoms with Crippen LogP contribution in [0.3, 0.4) is 0 Å². The Morgan fingerprint density at radius 3 is 2.83 bits per heavy atom. The molecule has 2 aromatic rings. The first kappa shape index (κ1) is 15.1. The number of H-pyrrole nitrogens is 1. The maximum atomic E-state index is 10.8. The van der Waals surface area contributed by atoms with Crippen molar-refractivity contribution in [2.45, 2.75) is 32.7 Å². The van der Waals surface area contributed by atoms with E-state index in [1.165, 1.54) is 6.20 Å². The Hall–Kier alpha value is -2.77. The quantitative estimate of drug-likeness (QED) is 0.510. The van der Waals surface area contributed by atoms with Crippen LogP contribution < -0.4 is 5.32 Å². The van der Waals surface area contributed by atoms with Crippen LogP contribution in [0.25, 0.3) is 11.5 Å². The fourth-order valence-electron chi connectivity index (χ4n) is 2.60. The van der Waals surface area contributed by atoms with E-state index in [9.17, 15) is 10.1 Å². The highest BCUT2D eigenvalue weighted by Crippen LogP contribution is 2.23. The van der Waals surface area contributed by atoms with E-state index in [1.807, 2.05) is 0 Å². The summed E-state index contributed by atoms with van der Waals surface area (Å²) in [4.78, 5) is 26.0. The van der Waals surface area contributed by atoms with Gasteiger partial charge in [0.15, 0.2) is 5.82 Å². The molecule has 2 aromatic heterocycles. The monoisotopic (exact) mass is 314 g/mol. The van der Waals surface area contributed by atoms with Crippen molar-refractivity contribution in [2.24, 2.45) is 5.92 Å². The molecule has 23 heavy (non-hydrogen) atoms. The maximum Gasteiger partial charge on any atom is 0.308 e. The lowest BCUT2D eigenvalue weighted by molar-refractivity contribution is -0.386. The van der Waals surface area contributed by atoms with Crippen LogP contribution in [0.4, 0.5) is 11.6 Å². The normalized spacial score (nSPS) is 20.4. The van der Waals surface area contributed by atoms with Crippen molar-refractivity contribution < 1.29 is 4.92 Å². The number of nitro groups is 1. The Bertz CT molecular complexity index is 754. The lowest BCUT2D eigenvalue weighted by Gasteiger charge is -2.25. The van der Waals surface area contributed by atoms with Gasteiger partial charge in [-0.25, -0.2) is 15.0 Å². The summed E-state index contributed by atoms with van der Waals surface area (Å²) in [5.41, 5.74) is 0.790. The molecule has 0 aliphatic heterocycles. The Balaban J connectivity index is 1.78. The van der Waals surface area contributed by atoms with Crippen molar-refractivity contribution in [3.8, 4) is 11.5 Å². The fraction of sp³-hybridized carbons (Fsp3) is 0.400. The molecule has 0 unspecified atom stereocenters. The van der Waals surface area contributed by atoms with Crippen molar-refractivity contribution >= 4 is 11.6 Å². The fourth-order valence-corrected chi connectivity index (χ4v) is 2.60. The average Bonchev–Trinajstić information content (AvgIpc) is 2.98. The van der Waals surface area contributed by atoms with Gasteiger partial charge in [-0.15, -0.1) is 0 Å². The van der Waals surface area contributed by atoms with Crippen LogP contribution in [0, 0.1) is 23.0 Å². The van der Waals surface area contributed by atoms with Gasteiger partial charge in [0.1, 0.15) is 17.6 Å². The Morgan fingerprint density at radius 1 is 1.35 bits per heavy atom. The highest BCUT2D eigenvalue weighted by atomic mass is 16.6. The number of nitrogens with zero attached hydrogens (tertiary/aromatic N) is 4. The molecule has 0 saturated carbocycles. The van der Waals surface area contributed by atoms with Crippen LogP contribution in [0.1, 0.15) is 25.5 Å². The molecule has 0 aromatic carbocycles. The highest BCUT2D eigenvalue weighted by Gasteiger charge is 2.20. The molecule has 1 aliphatic carbocycles. The zero-order valence-electron chi connectivity index (χ0n) is 13.0. The number of allylic oxidation sites excluding steroid dienone is 1. The van der Waals surface area contributed by atoms with Gasteiger partial charge in [-0.2, -0.15) is 0 Å². The number of imidazole rings is 1. The topological polar surface area (TPSA) is 110 Å². The summed E-state index contributed by atoms with van der Waals surface area (Å²) in [6.07, 6.45) is 9.30. The summed E-state index contributed by atoms with van der Waals surface area (Å²) in [5, 5.41) is 14.2. The summed E-state index contributed by atoms with van der Waals surface area (Å²) in [6.45, 7) is 3.79. The van der Waals surface area contributed by atoms with Crippen molar-refractivity contribution in [1.29, 1.82) is 0 Å². The molecule has 8 nitrogen and oxygen atoms in total. The summed E-state index contributed by atoms with van der Waals surface area (Å²) in [6, 6.07) is 0.332. The van der Waals surface area contributed by atoms with Crippen molar-refractivity contribution in [3.63, 3.8) is 0 Å². The zero-order chi connectivity index (χ0) is 16.4. The van der Waals surface area contributed by atoms with Crippen LogP contribution in [0.15, 0.2) is 24.5 Å². The molecule has 2 atom stereocenters. The van der Waals surface area contributed by atoms with Gasteiger partial charge in [-0.3, -0.25) is 10.1 Å². The van der Waals surface area contributed by atoms with Gasteiger partial charge in [0.05, 0.1) is 4.92 Å². The van der Waals surface area contributed by atoms with Gasteiger partial charge in [-0.1, -0.05) is 19.1 Å². The molecule has 2 N–H and O–H groups in total. The molecule has 120 valence electrons. The lowest BCUT2D eigenvalue weighted by Crippen LogP contribution is -2.28. The second-order valence-electron chi connectivity index (χ2n) is 5.73. The summed E-state index contributed by atoms with van der Waals surface area (Å²) >= 11 is 0. The first-order valence-corrected chi connectivity index (χ1v) is 7.50. The molecular formula is C15H18N6O2. The van der Waals surface area contributed by atoms with Crippen LogP contribution in [0.5, 0.6) is 0 Å². The summed E-state index contributed by atoms with van der Waals surface area (Å²) in [5.74, 6) is 1.56. The zero-order valence-corrected chi connectivity index (χ0v) is 13.0. The Kier molecular flexibility index (Phi) is 4.05. The van der Waals surface area contributed by atoms with Crippen LogP contribution in [-0.2, 0) is 0 Å². The Morgan fingerprint density at radius 2 is 2.13 bits per heavy atom. The molecule has 0 spiro atoms. The summed E-state index contributed by atoms with van der Waals surface area (Å²) in [7, 11) is 0. The van der Waals surface area contributed by atoms with Crippen molar-refractivity contribution in [2.75, 3.05) is 5.32 Å². The third kappa shape index (κ3) is 3.20. The number of hydrogen-bond donors (Lipinski definition) is 2. The van der Waals surface area contributed by atoms with Crippen LogP contribution in [0.2, 0.25) is 0 Å². The van der Waals surface area contributed by atoms with Gasteiger partial charge >= 0.3 is 5.69 Å². The molecule has 3 rings (SSSR count). The predicted octanol–water partition coefficient (Wildman–Crippen LogP) is 2.85. The minimum absolute atomic E-state index is 0.0922. The van der Waals surface area contributed by atoms with Crippen molar-refractivity contribution in [3.05, 3.63) is 40.4 Å². The van der Waals surface area contributed by atoms with E-state index in [0.29, 0.717) is 35.1 Å². The second-order valence-corrected chi connectivity index (χ2v) is 5.73. The number of nitrogens with one attached hydrogen (secondary N) is 2. The Labute approximate surface area is 133 Å².